The predicted molar refractivity (Wildman–Crippen MR) is 109 cm³/mol. The highest BCUT2D eigenvalue weighted by Crippen LogP contribution is 2.31. The van der Waals surface area contributed by atoms with Crippen LogP contribution in [0.25, 0.3) is 11.1 Å². The first-order valence-corrected chi connectivity index (χ1v) is 9.45. The summed E-state index contributed by atoms with van der Waals surface area (Å²) in [5.74, 6) is -2.83. The van der Waals surface area contributed by atoms with Gasteiger partial charge in [-0.3, -0.25) is 14.7 Å². The second-order valence-corrected chi connectivity index (χ2v) is 9.63. The van der Waals surface area contributed by atoms with E-state index in [1.54, 1.807) is 26.0 Å². The molecule has 1 aromatic heterocycles. The first kappa shape index (κ1) is 21.4. The summed E-state index contributed by atoms with van der Waals surface area (Å²) in [6, 6.07) is 7.18. The lowest BCUT2D eigenvalue weighted by Gasteiger charge is -2.28. The summed E-state index contributed by atoms with van der Waals surface area (Å²) < 4.78 is 4.84. The fourth-order valence-corrected chi connectivity index (χ4v) is 2.98. The number of hydrogen-bond acceptors (Lipinski definition) is 4. The van der Waals surface area contributed by atoms with E-state index in [1.165, 1.54) is 0 Å². The van der Waals surface area contributed by atoms with Crippen molar-refractivity contribution in [3.8, 4) is 11.1 Å². The third-order valence-electron chi connectivity index (χ3n) is 4.36. The maximum Gasteiger partial charge on any atom is 0.323 e. The van der Waals surface area contributed by atoms with Crippen molar-refractivity contribution in [2.75, 3.05) is 6.61 Å². The third kappa shape index (κ3) is 4.86. The van der Waals surface area contributed by atoms with Crippen LogP contribution < -0.4 is 0 Å². The van der Waals surface area contributed by atoms with Gasteiger partial charge in [0.15, 0.2) is 5.41 Å². The number of ether oxygens (including phenoxy) is 1. The van der Waals surface area contributed by atoms with Crippen LogP contribution in [-0.4, -0.2) is 42.6 Å². The summed E-state index contributed by atoms with van der Waals surface area (Å²) in [4.78, 5) is 23.7. The minimum atomic E-state index is -2.05. The van der Waals surface area contributed by atoms with E-state index in [9.17, 15) is 19.8 Å². The van der Waals surface area contributed by atoms with E-state index in [2.05, 4.69) is 10.2 Å². The van der Waals surface area contributed by atoms with Crippen LogP contribution in [0.2, 0.25) is 0 Å². The number of aryl methyl sites for hydroxylation is 2. The minimum Gasteiger partial charge on any atom is -0.480 e. The number of carboxylic acids is 2. The molecule has 0 fully saturated rings. The van der Waals surface area contributed by atoms with Crippen LogP contribution in [-0.2, 0) is 20.7 Å². The molecular weight excluding hydrogens is 463 g/mol. The van der Waals surface area contributed by atoms with Gasteiger partial charge in [0.2, 0.25) is 0 Å². The molecule has 3 N–H and O–H groups in total. The molecule has 0 bridgehead atoms. The Morgan fingerprint density at radius 2 is 1.70 bits per heavy atom. The Morgan fingerprint density at radius 1 is 1.15 bits per heavy atom. The lowest BCUT2D eigenvalue weighted by molar-refractivity contribution is -0.171. The zero-order valence-electron chi connectivity index (χ0n) is 15.7. The van der Waals surface area contributed by atoms with Crippen molar-refractivity contribution in [2.24, 2.45) is 5.41 Å². The zero-order valence-corrected chi connectivity index (χ0v) is 17.8. The molecule has 0 spiro atoms. The fraction of sp³-hybridized carbons (Fsp3) is 0.421. The summed E-state index contributed by atoms with van der Waals surface area (Å²) in [6.45, 7) is 6.89. The van der Waals surface area contributed by atoms with Crippen LogP contribution in [0.15, 0.2) is 24.3 Å². The number of carbonyl (C=O) groups is 2. The number of aromatic nitrogens is 2. The first-order chi connectivity index (χ1) is 12.5. The van der Waals surface area contributed by atoms with E-state index >= 15 is 0 Å². The number of alkyl halides is 1. The normalized spacial score (nSPS) is 12.2. The van der Waals surface area contributed by atoms with Crippen molar-refractivity contribution >= 4 is 34.5 Å². The Bertz CT molecular complexity index is 803. The van der Waals surface area contributed by atoms with Gasteiger partial charge in [0.25, 0.3) is 0 Å². The number of nitrogens with zero attached hydrogens (tertiary/aromatic N) is 1. The Balaban J connectivity index is 2.32. The molecule has 2 rings (SSSR count). The molecule has 0 aliphatic heterocycles. The van der Waals surface area contributed by atoms with Crippen LogP contribution in [0.5, 0.6) is 0 Å². The molecule has 146 valence electrons. The molecule has 27 heavy (non-hydrogen) atoms. The minimum absolute atomic E-state index is 0.173. The van der Waals surface area contributed by atoms with E-state index in [4.69, 9.17) is 4.74 Å². The summed E-state index contributed by atoms with van der Waals surface area (Å²) in [7, 11) is 0. The van der Waals surface area contributed by atoms with Crippen LogP contribution in [0.3, 0.4) is 0 Å². The molecule has 0 saturated carbocycles. The number of nitrogens with one attached hydrogen (secondary N) is 1. The number of hydrogen-bond donors (Lipinski definition) is 3. The Labute approximate surface area is 171 Å². The number of aliphatic carboxylic acids is 2. The van der Waals surface area contributed by atoms with Crippen LogP contribution in [0.4, 0.5) is 0 Å². The summed E-state index contributed by atoms with van der Waals surface area (Å²) in [6.07, 6.45) is -0.173. The molecule has 0 aliphatic rings. The molecule has 1 aromatic carbocycles. The lowest BCUT2D eigenvalue weighted by Crippen LogP contribution is -2.46. The molecule has 0 aliphatic carbocycles. The van der Waals surface area contributed by atoms with Gasteiger partial charge in [-0.25, -0.2) is 0 Å². The number of benzene rings is 1. The maximum atomic E-state index is 11.9. The Hall–Kier alpha value is -1.94. The summed E-state index contributed by atoms with van der Waals surface area (Å²) in [5, 5.41) is 26.4. The van der Waals surface area contributed by atoms with Gasteiger partial charge in [-0.05, 0) is 61.4 Å². The average Bonchev–Trinajstić information content (AvgIpc) is 2.89. The van der Waals surface area contributed by atoms with E-state index in [0.29, 0.717) is 5.56 Å². The largest absolute Gasteiger partial charge is 0.480 e. The molecule has 7 nitrogen and oxygen atoms in total. The zero-order chi connectivity index (χ0) is 20.4. The van der Waals surface area contributed by atoms with Crippen molar-refractivity contribution in [3.05, 3.63) is 41.2 Å². The van der Waals surface area contributed by atoms with E-state index in [1.807, 2.05) is 48.6 Å². The van der Waals surface area contributed by atoms with Crippen molar-refractivity contribution in [1.29, 1.82) is 0 Å². The average molecular weight is 486 g/mol. The quantitative estimate of drug-likeness (QED) is 0.299. The molecule has 8 heteroatoms. The smallest absolute Gasteiger partial charge is 0.323 e. The van der Waals surface area contributed by atoms with E-state index in [-0.39, 0.29) is 6.42 Å². The monoisotopic (exact) mass is 486 g/mol. The van der Waals surface area contributed by atoms with Gasteiger partial charge in [0.05, 0.1) is 12.3 Å². The van der Waals surface area contributed by atoms with Crippen molar-refractivity contribution in [2.45, 2.75) is 37.7 Å². The van der Waals surface area contributed by atoms with Crippen molar-refractivity contribution in [1.82, 2.24) is 10.2 Å². The van der Waals surface area contributed by atoms with Crippen LogP contribution in [0, 0.1) is 19.3 Å². The standard InChI is InChI=1S/C19H23IN2O5/c1-11-15(12(2)22-21-11)14-7-5-13(6-8-14)9-19(16(23)24,17(25)26)10-27-18(3,4)20/h5-8H,9-10H2,1-4H3,(H,21,22)(H,23,24)(H,25,26). The van der Waals surface area contributed by atoms with Gasteiger partial charge in [0.1, 0.15) is 3.61 Å². The highest BCUT2D eigenvalue weighted by Gasteiger charge is 2.48. The van der Waals surface area contributed by atoms with E-state index in [0.717, 1.165) is 22.5 Å². The number of rotatable bonds is 8. The first-order valence-electron chi connectivity index (χ1n) is 8.37. The van der Waals surface area contributed by atoms with Crippen molar-refractivity contribution in [3.63, 3.8) is 0 Å². The van der Waals surface area contributed by atoms with Crippen molar-refractivity contribution < 1.29 is 24.5 Å². The molecular formula is C19H23IN2O5. The van der Waals surface area contributed by atoms with Crippen LogP contribution >= 0.6 is 22.6 Å². The van der Waals surface area contributed by atoms with Crippen LogP contribution in [0.1, 0.15) is 30.8 Å². The topological polar surface area (TPSA) is 113 Å². The summed E-state index contributed by atoms with van der Waals surface area (Å²) in [5.41, 5.74) is 2.28. The lowest BCUT2D eigenvalue weighted by atomic mass is 9.82. The van der Waals surface area contributed by atoms with E-state index < -0.39 is 27.6 Å². The van der Waals surface area contributed by atoms with Gasteiger partial charge >= 0.3 is 11.9 Å². The predicted octanol–water partition coefficient (Wildman–Crippen LogP) is 3.58. The third-order valence-corrected chi connectivity index (χ3v) is 4.67. The van der Waals surface area contributed by atoms with Gasteiger partial charge in [-0.2, -0.15) is 5.10 Å². The van der Waals surface area contributed by atoms with Gasteiger partial charge in [-0.1, -0.05) is 24.3 Å². The fourth-order valence-electron chi connectivity index (χ4n) is 2.83. The maximum absolute atomic E-state index is 11.9. The summed E-state index contributed by atoms with van der Waals surface area (Å²) >= 11 is 1.99. The Morgan fingerprint density at radius 3 is 2.11 bits per heavy atom. The SMILES string of the molecule is Cc1n[nH]c(C)c1-c1ccc(CC(COC(C)(C)I)(C(=O)O)C(=O)O)cc1. The molecule has 0 amide bonds. The molecule has 0 saturated heterocycles. The van der Waals surface area contributed by atoms with Gasteiger partial charge in [0, 0.05) is 17.7 Å². The number of aromatic amines is 1. The molecule has 2 aromatic rings. The molecule has 0 atom stereocenters. The molecule has 1 heterocycles. The second kappa shape index (κ2) is 7.97. The number of H-pyrrole nitrogens is 1. The second-order valence-electron chi connectivity index (χ2n) is 7.03. The van der Waals surface area contributed by atoms with Gasteiger partial charge < -0.3 is 14.9 Å². The molecule has 0 unspecified atom stereocenters. The van der Waals surface area contributed by atoms with Gasteiger partial charge in [-0.15, -0.1) is 0 Å². The highest BCUT2D eigenvalue weighted by molar-refractivity contribution is 14.1. The molecule has 0 radical (unpaired) electrons. The number of halogens is 1. The Kier molecular flexibility index (Phi) is 6.31. The highest BCUT2D eigenvalue weighted by atomic mass is 127. The number of carboxylic acid groups (broad SMARTS) is 2.